The van der Waals surface area contributed by atoms with Gasteiger partial charge in [0.1, 0.15) is 5.75 Å². The molecule has 1 aliphatic heterocycles. The molecule has 1 unspecified atom stereocenters. The van der Waals surface area contributed by atoms with Gasteiger partial charge in [0.05, 0.1) is 17.7 Å². The Balaban J connectivity index is 2.49. The molecule has 106 valence electrons. The quantitative estimate of drug-likeness (QED) is 0.482. The van der Waals surface area contributed by atoms with Crippen molar-refractivity contribution in [3.05, 3.63) is 40.7 Å². The minimum absolute atomic E-state index is 0.0312. The van der Waals surface area contributed by atoms with Crippen LogP contribution < -0.4 is 9.64 Å². The molecule has 0 saturated carbocycles. The average Bonchev–Trinajstić information content (AvgIpc) is 2.79. The Morgan fingerprint density at radius 2 is 2.30 bits per heavy atom. The fourth-order valence-corrected chi connectivity index (χ4v) is 2.17. The van der Waals surface area contributed by atoms with E-state index in [1.54, 1.807) is 6.08 Å². The average molecular weight is 280 g/mol. The van der Waals surface area contributed by atoms with Gasteiger partial charge in [0.15, 0.2) is 0 Å². The maximum absolute atomic E-state index is 13.6. The van der Waals surface area contributed by atoms with Crippen LogP contribution in [0.2, 0.25) is 0 Å². The zero-order chi connectivity index (χ0) is 14.9. The molecule has 0 aromatic heterocycles. The molecular formula is C13H13FN2O4. The summed E-state index contributed by atoms with van der Waals surface area (Å²) in [6.07, 6.45) is 1.93. The summed E-state index contributed by atoms with van der Waals surface area (Å²) in [7, 11) is 1.32. The lowest BCUT2D eigenvalue weighted by atomic mass is 10.1. The first-order valence-corrected chi connectivity index (χ1v) is 5.92. The summed E-state index contributed by atoms with van der Waals surface area (Å²) >= 11 is 0. The standard InChI is InChI=1S/C13H13FN2O4/c1-3-8-4-13(17)15(7-8)11-6-10(16(18)19)9(14)5-12(11)20-2/h3,5-6,8H,1,4,7H2,2H3. The number of methoxy groups -OCH3 is 1. The van der Waals surface area contributed by atoms with Crippen LogP contribution in [0.4, 0.5) is 15.8 Å². The van der Waals surface area contributed by atoms with Crippen LogP contribution in [0.3, 0.4) is 0 Å². The van der Waals surface area contributed by atoms with Crippen molar-refractivity contribution in [2.75, 3.05) is 18.6 Å². The van der Waals surface area contributed by atoms with Gasteiger partial charge in [-0.3, -0.25) is 14.9 Å². The third-order valence-corrected chi connectivity index (χ3v) is 3.22. The third kappa shape index (κ3) is 2.34. The summed E-state index contributed by atoms with van der Waals surface area (Å²) < 4.78 is 18.6. The highest BCUT2D eigenvalue weighted by Gasteiger charge is 2.32. The molecule has 0 N–H and O–H groups in total. The number of nitrogens with zero attached hydrogens (tertiary/aromatic N) is 2. The van der Waals surface area contributed by atoms with Crippen molar-refractivity contribution < 1.29 is 18.8 Å². The Hall–Kier alpha value is -2.44. The lowest BCUT2D eigenvalue weighted by molar-refractivity contribution is -0.387. The van der Waals surface area contributed by atoms with Crippen LogP contribution in [0.5, 0.6) is 5.75 Å². The Labute approximate surface area is 114 Å². The number of halogens is 1. The number of nitro benzene ring substituents is 1. The van der Waals surface area contributed by atoms with Gasteiger partial charge < -0.3 is 9.64 Å². The van der Waals surface area contributed by atoms with Crippen LogP contribution in [0, 0.1) is 21.8 Å². The molecular weight excluding hydrogens is 267 g/mol. The normalized spacial score (nSPS) is 18.2. The minimum Gasteiger partial charge on any atom is -0.494 e. The van der Waals surface area contributed by atoms with Crippen LogP contribution in [0.25, 0.3) is 0 Å². The van der Waals surface area contributed by atoms with Gasteiger partial charge in [-0.2, -0.15) is 4.39 Å². The van der Waals surface area contributed by atoms with E-state index >= 15 is 0 Å². The summed E-state index contributed by atoms with van der Waals surface area (Å²) in [5, 5.41) is 10.8. The highest BCUT2D eigenvalue weighted by molar-refractivity contribution is 5.97. The molecule has 1 atom stereocenters. The van der Waals surface area contributed by atoms with Crippen molar-refractivity contribution in [3.8, 4) is 5.75 Å². The van der Waals surface area contributed by atoms with Crippen molar-refractivity contribution in [1.29, 1.82) is 0 Å². The largest absolute Gasteiger partial charge is 0.494 e. The summed E-state index contributed by atoms with van der Waals surface area (Å²) in [6, 6.07) is 1.94. The molecule has 1 aliphatic rings. The third-order valence-electron chi connectivity index (χ3n) is 3.22. The van der Waals surface area contributed by atoms with E-state index in [4.69, 9.17) is 4.74 Å². The second-order valence-electron chi connectivity index (χ2n) is 4.44. The number of carbonyl (C=O) groups is 1. The number of hydrogen-bond acceptors (Lipinski definition) is 4. The zero-order valence-corrected chi connectivity index (χ0v) is 10.8. The van der Waals surface area contributed by atoms with E-state index in [1.807, 2.05) is 0 Å². The van der Waals surface area contributed by atoms with Gasteiger partial charge in [0.25, 0.3) is 0 Å². The first-order chi connectivity index (χ1) is 9.47. The molecule has 0 spiro atoms. The lowest BCUT2D eigenvalue weighted by Crippen LogP contribution is -2.25. The fourth-order valence-electron chi connectivity index (χ4n) is 2.17. The molecule has 0 aliphatic carbocycles. The summed E-state index contributed by atoms with van der Waals surface area (Å²) in [5.41, 5.74) is -0.481. The van der Waals surface area contributed by atoms with Gasteiger partial charge in [-0.1, -0.05) is 6.08 Å². The van der Waals surface area contributed by atoms with Crippen molar-refractivity contribution >= 4 is 17.3 Å². The molecule has 7 heteroatoms. The van der Waals surface area contributed by atoms with E-state index in [0.29, 0.717) is 6.54 Å². The molecule has 1 fully saturated rings. The van der Waals surface area contributed by atoms with Crippen LogP contribution in [-0.4, -0.2) is 24.5 Å². The first-order valence-electron chi connectivity index (χ1n) is 5.92. The molecule has 0 bridgehead atoms. The van der Waals surface area contributed by atoms with Crippen molar-refractivity contribution in [3.63, 3.8) is 0 Å². The van der Waals surface area contributed by atoms with Gasteiger partial charge in [0, 0.05) is 31.0 Å². The molecule has 20 heavy (non-hydrogen) atoms. The summed E-state index contributed by atoms with van der Waals surface area (Å²) in [5.74, 6) is -1.14. The van der Waals surface area contributed by atoms with Crippen LogP contribution >= 0.6 is 0 Å². The molecule has 0 radical (unpaired) electrons. The van der Waals surface area contributed by atoms with Crippen molar-refractivity contribution in [2.24, 2.45) is 5.92 Å². The highest BCUT2D eigenvalue weighted by Crippen LogP contribution is 2.37. The number of ether oxygens (including phenoxy) is 1. The molecule has 1 saturated heterocycles. The SMILES string of the molecule is C=CC1CC(=O)N(c2cc([N+](=O)[O-])c(F)cc2OC)C1. The second kappa shape index (κ2) is 5.28. The number of amides is 1. The number of hydrogen-bond donors (Lipinski definition) is 0. The van der Waals surface area contributed by atoms with Gasteiger partial charge in [-0.05, 0) is 0 Å². The predicted octanol–water partition coefficient (Wildman–Crippen LogP) is 2.28. The Kier molecular flexibility index (Phi) is 3.69. The van der Waals surface area contributed by atoms with Crippen LogP contribution in [0.15, 0.2) is 24.8 Å². The number of nitro groups is 1. The van der Waals surface area contributed by atoms with E-state index in [-0.39, 0.29) is 29.7 Å². The van der Waals surface area contributed by atoms with Crippen LogP contribution in [0.1, 0.15) is 6.42 Å². The number of benzene rings is 1. The van der Waals surface area contributed by atoms with Crippen molar-refractivity contribution in [2.45, 2.75) is 6.42 Å². The van der Waals surface area contributed by atoms with E-state index in [2.05, 4.69) is 6.58 Å². The predicted molar refractivity (Wildman–Crippen MR) is 70.3 cm³/mol. The van der Waals surface area contributed by atoms with Gasteiger partial charge in [-0.15, -0.1) is 6.58 Å². The maximum atomic E-state index is 13.6. The molecule has 1 heterocycles. The maximum Gasteiger partial charge on any atom is 0.307 e. The van der Waals surface area contributed by atoms with Gasteiger partial charge in [0.2, 0.25) is 11.7 Å². The molecule has 2 rings (SSSR count). The zero-order valence-electron chi connectivity index (χ0n) is 10.8. The number of rotatable bonds is 4. The Morgan fingerprint density at radius 3 is 2.80 bits per heavy atom. The smallest absolute Gasteiger partial charge is 0.307 e. The topological polar surface area (TPSA) is 72.7 Å². The summed E-state index contributed by atoms with van der Waals surface area (Å²) in [6.45, 7) is 3.98. The molecule has 1 amide bonds. The van der Waals surface area contributed by atoms with E-state index in [0.717, 1.165) is 12.1 Å². The highest BCUT2D eigenvalue weighted by atomic mass is 19.1. The molecule has 1 aromatic rings. The van der Waals surface area contributed by atoms with Crippen LogP contribution in [-0.2, 0) is 4.79 Å². The van der Waals surface area contributed by atoms with Gasteiger partial charge >= 0.3 is 5.69 Å². The van der Waals surface area contributed by atoms with E-state index < -0.39 is 16.4 Å². The Bertz CT molecular complexity index is 588. The molecule has 6 nitrogen and oxygen atoms in total. The fraction of sp³-hybridized carbons (Fsp3) is 0.308. The van der Waals surface area contributed by atoms with E-state index in [1.165, 1.54) is 12.0 Å². The number of carbonyl (C=O) groups excluding carboxylic acids is 1. The van der Waals surface area contributed by atoms with E-state index in [9.17, 15) is 19.3 Å². The summed E-state index contributed by atoms with van der Waals surface area (Å²) in [4.78, 5) is 23.3. The molecule has 1 aromatic carbocycles. The monoisotopic (exact) mass is 280 g/mol. The van der Waals surface area contributed by atoms with Crippen molar-refractivity contribution in [1.82, 2.24) is 0 Å². The minimum atomic E-state index is -0.998. The second-order valence-corrected chi connectivity index (χ2v) is 4.44. The number of anilines is 1. The first kappa shape index (κ1) is 14.0. The van der Waals surface area contributed by atoms with Gasteiger partial charge in [-0.25, -0.2) is 0 Å². The lowest BCUT2D eigenvalue weighted by Gasteiger charge is -2.19. The Morgan fingerprint density at radius 1 is 1.60 bits per heavy atom.